The van der Waals surface area contributed by atoms with E-state index in [0.717, 1.165) is 12.1 Å². The van der Waals surface area contributed by atoms with E-state index in [9.17, 15) is 18.7 Å². The van der Waals surface area contributed by atoms with Crippen molar-refractivity contribution in [3.63, 3.8) is 0 Å². The van der Waals surface area contributed by atoms with Gasteiger partial charge in [0.05, 0.1) is 28.9 Å². The zero-order valence-corrected chi connectivity index (χ0v) is 16.8. The van der Waals surface area contributed by atoms with Crippen molar-refractivity contribution in [2.45, 2.75) is 26.0 Å². The fourth-order valence-corrected chi connectivity index (χ4v) is 3.21. The number of ether oxygens (including phenoxy) is 1. The molecule has 3 rings (SSSR count). The molecule has 0 fully saturated rings. The molecular weight excluding hydrogens is 420 g/mol. The number of hydrogen-bond acceptors (Lipinski definition) is 5. The number of nitrogens with zero attached hydrogens (tertiary/aromatic N) is 2. The molecule has 0 bridgehead atoms. The largest absolute Gasteiger partial charge is 0.485 e. The van der Waals surface area contributed by atoms with Crippen molar-refractivity contribution in [3.05, 3.63) is 64.1 Å². The minimum Gasteiger partial charge on any atom is -0.485 e. The van der Waals surface area contributed by atoms with Gasteiger partial charge in [0.1, 0.15) is 23.9 Å². The molecule has 0 spiro atoms. The van der Waals surface area contributed by atoms with Crippen LogP contribution in [0.1, 0.15) is 28.2 Å². The van der Waals surface area contributed by atoms with Gasteiger partial charge < -0.3 is 20.3 Å². The van der Waals surface area contributed by atoms with Crippen molar-refractivity contribution in [1.82, 2.24) is 14.7 Å². The summed E-state index contributed by atoms with van der Waals surface area (Å²) in [6.07, 6.45) is 1.64. The molecule has 2 heterocycles. The normalized spacial score (nSPS) is 12.2. The number of aryl methyl sites for hydroxylation is 1. The second-order valence-corrected chi connectivity index (χ2v) is 7.05. The third kappa shape index (κ3) is 4.53. The lowest BCUT2D eigenvalue weighted by Crippen LogP contribution is -2.38. The third-order valence-electron chi connectivity index (χ3n) is 4.51. The molecule has 0 aliphatic rings. The SMILES string of the molecule is Cc1nc2c(OCc3c(F)cccc3F)cc(Cl)cn2c1C(=O)N[C@@H](CO)CCO. The number of carbonyl (C=O) groups excluding carboxylic acids is 1. The molecule has 1 amide bonds. The molecule has 0 radical (unpaired) electrons. The highest BCUT2D eigenvalue weighted by atomic mass is 35.5. The average molecular weight is 440 g/mol. The maximum atomic E-state index is 13.9. The van der Waals surface area contributed by atoms with Gasteiger partial charge in [0.2, 0.25) is 0 Å². The summed E-state index contributed by atoms with van der Waals surface area (Å²) in [7, 11) is 0. The molecule has 3 N–H and O–H groups in total. The van der Waals surface area contributed by atoms with E-state index >= 15 is 0 Å². The standard InChI is InChI=1S/C20H20ClF2N3O4/c1-11-18(20(29)25-13(9-28)5-6-27)26-8-12(21)7-17(19(26)24-11)30-10-14-15(22)3-2-4-16(14)23/h2-4,7-8,13,27-28H,5-6,9-10H2,1H3,(H,25,29)/t13-/m1/s1. The first kappa shape index (κ1) is 21.9. The number of pyridine rings is 1. The number of benzene rings is 1. The molecular formula is C20H20ClF2N3O4. The summed E-state index contributed by atoms with van der Waals surface area (Å²) in [4.78, 5) is 17.1. The van der Waals surface area contributed by atoms with Crippen molar-refractivity contribution in [1.29, 1.82) is 0 Å². The van der Waals surface area contributed by atoms with Gasteiger partial charge in [0, 0.05) is 18.9 Å². The maximum Gasteiger partial charge on any atom is 0.270 e. The van der Waals surface area contributed by atoms with Crippen molar-refractivity contribution < 1.29 is 28.5 Å². The Labute approximate surface area is 175 Å². The number of nitrogens with one attached hydrogen (secondary N) is 1. The third-order valence-corrected chi connectivity index (χ3v) is 4.72. The Bertz CT molecular complexity index is 1050. The molecule has 0 saturated heterocycles. The van der Waals surface area contributed by atoms with Crippen LogP contribution in [0, 0.1) is 18.6 Å². The summed E-state index contributed by atoms with van der Waals surface area (Å²) >= 11 is 6.16. The quantitative estimate of drug-likeness (QED) is 0.501. The van der Waals surface area contributed by atoms with Gasteiger partial charge in [-0.25, -0.2) is 13.8 Å². The van der Waals surface area contributed by atoms with Crippen LogP contribution in [0.15, 0.2) is 30.5 Å². The van der Waals surface area contributed by atoms with Crippen LogP contribution in [0.4, 0.5) is 8.78 Å². The molecule has 0 aliphatic heterocycles. The van der Waals surface area contributed by atoms with E-state index in [2.05, 4.69) is 10.3 Å². The van der Waals surface area contributed by atoms with Crippen LogP contribution in [-0.4, -0.2) is 44.8 Å². The number of aliphatic hydroxyl groups is 2. The summed E-state index contributed by atoms with van der Waals surface area (Å²) in [5.74, 6) is -1.87. The van der Waals surface area contributed by atoms with E-state index in [-0.39, 0.29) is 47.3 Å². The van der Waals surface area contributed by atoms with Crippen LogP contribution in [0.3, 0.4) is 0 Å². The Morgan fingerprint density at radius 3 is 2.67 bits per heavy atom. The molecule has 2 aromatic heterocycles. The number of halogens is 3. The first-order valence-electron chi connectivity index (χ1n) is 9.12. The Morgan fingerprint density at radius 1 is 1.33 bits per heavy atom. The van der Waals surface area contributed by atoms with Crippen molar-refractivity contribution in [2.24, 2.45) is 0 Å². The highest BCUT2D eigenvalue weighted by molar-refractivity contribution is 6.30. The summed E-state index contributed by atoms with van der Waals surface area (Å²) in [5, 5.41) is 21.2. The van der Waals surface area contributed by atoms with Crippen LogP contribution in [0.25, 0.3) is 5.65 Å². The highest BCUT2D eigenvalue weighted by Crippen LogP contribution is 2.28. The minimum atomic E-state index is -0.744. The molecule has 0 saturated carbocycles. The molecule has 10 heteroatoms. The van der Waals surface area contributed by atoms with Crippen molar-refractivity contribution >= 4 is 23.2 Å². The maximum absolute atomic E-state index is 13.9. The number of aliphatic hydroxyl groups excluding tert-OH is 2. The lowest BCUT2D eigenvalue weighted by atomic mass is 10.2. The minimum absolute atomic E-state index is 0.140. The molecule has 160 valence electrons. The monoisotopic (exact) mass is 439 g/mol. The molecule has 0 aliphatic carbocycles. The Kier molecular flexibility index (Phi) is 6.86. The Balaban J connectivity index is 1.94. The van der Waals surface area contributed by atoms with Crippen LogP contribution in [-0.2, 0) is 6.61 Å². The lowest BCUT2D eigenvalue weighted by Gasteiger charge is -2.15. The van der Waals surface area contributed by atoms with E-state index in [4.69, 9.17) is 21.4 Å². The van der Waals surface area contributed by atoms with Gasteiger partial charge in [-0.15, -0.1) is 0 Å². The number of aromatic nitrogens is 2. The molecule has 1 aromatic carbocycles. The van der Waals surface area contributed by atoms with Gasteiger partial charge in [-0.3, -0.25) is 9.20 Å². The Morgan fingerprint density at radius 2 is 2.03 bits per heavy atom. The number of fused-ring (bicyclic) bond motifs is 1. The van der Waals surface area contributed by atoms with E-state index in [1.807, 2.05) is 0 Å². The topological polar surface area (TPSA) is 96.1 Å². The number of rotatable bonds is 8. The molecule has 0 unspecified atom stereocenters. The summed E-state index contributed by atoms with van der Waals surface area (Å²) in [6, 6.07) is 4.31. The Hall–Kier alpha value is -2.75. The average Bonchev–Trinajstić information content (AvgIpc) is 3.02. The van der Waals surface area contributed by atoms with Crippen molar-refractivity contribution in [3.8, 4) is 5.75 Å². The molecule has 3 aromatic rings. The van der Waals surface area contributed by atoms with Crippen molar-refractivity contribution in [2.75, 3.05) is 13.2 Å². The van der Waals surface area contributed by atoms with Crippen LogP contribution < -0.4 is 10.1 Å². The number of hydrogen-bond donors (Lipinski definition) is 3. The fraction of sp³-hybridized carbons (Fsp3) is 0.300. The van der Waals surface area contributed by atoms with Gasteiger partial charge in [0.15, 0.2) is 11.4 Å². The van der Waals surface area contributed by atoms with Gasteiger partial charge in [-0.2, -0.15) is 0 Å². The predicted molar refractivity (Wildman–Crippen MR) is 106 cm³/mol. The first-order valence-corrected chi connectivity index (χ1v) is 9.50. The second-order valence-electron chi connectivity index (χ2n) is 6.62. The van der Waals surface area contributed by atoms with Crippen LogP contribution >= 0.6 is 11.6 Å². The second kappa shape index (κ2) is 9.38. The smallest absolute Gasteiger partial charge is 0.270 e. The molecule has 1 atom stereocenters. The van der Waals surface area contributed by atoms with Gasteiger partial charge in [-0.05, 0) is 25.5 Å². The fourth-order valence-electron chi connectivity index (χ4n) is 3.01. The highest BCUT2D eigenvalue weighted by Gasteiger charge is 2.22. The lowest BCUT2D eigenvalue weighted by molar-refractivity contribution is 0.0898. The number of imidazole rings is 1. The summed E-state index contributed by atoms with van der Waals surface area (Å²) in [5.41, 5.74) is 0.511. The van der Waals surface area contributed by atoms with E-state index in [1.54, 1.807) is 6.92 Å². The van der Waals surface area contributed by atoms with E-state index in [0.29, 0.717) is 5.69 Å². The van der Waals surface area contributed by atoms with Crippen LogP contribution in [0.5, 0.6) is 5.75 Å². The number of amides is 1. The molecule has 7 nitrogen and oxygen atoms in total. The van der Waals surface area contributed by atoms with Gasteiger partial charge >= 0.3 is 0 Å². The first-order chi connectivity index (χ1) is 14.3. The van der Waals surface area contributed by atoms with Gasteiger partial charge in [-0.1, -0.05) is 17.7 Å². The molecule has 30 heavy (non-hydrogen) atoms. The zero-order chi connectivity index (χ0) is 21.8. The van der Waals surface area contributed by atoms with E-state index < -0.39 is 30.2 Å². The number of carbonyl (C=O) groups is 1. The van der Waals surface area contributed by atoms with E-state index in [1.165, 1.54) is 22.7 Å². The summed E-state index contributed by atoms with van der Waals surface area (Å²) < 4.78 is 34.8. The van der Waals surface area contributed by atoms with Gasteiger partial charge in [0.25, 0.3) is 5.91 Å². The summed E-state index contributed by atoms with van der Waals surface area (Å²) in [6.45, 7) is 0.667. The zero-order valence-electron chi connectivity index (χ0n) is 16.0. The predicted octanol–water partition coefficient (Wildman–Crippen LogP) is 2.63. The van der Waals surface area contributed by atoms with Crippen LogP contribution in [0.2, 0.25) is 5.02 Å².